The standard InChI is InChI=1S/C11H20ClNO/c1-9(8-12)13(3)10(14)11(2)6-4-5-7-11/h9H,4-8H2,1-3H3. The summed E-state index contributed by atoms with van der Waals surface area (Å²) >= 11 is 5.75. The molecule has 1 atom stereocenters. The van der Waals surface area contributed by atoms with E-state index in [1.165, 1.54) is 12.8 Å². The maximum absolute atomic E-state index is 12.1. The van der Waals surface area contributed by atoms with Crippen molar-refractivity contribution in [2.24, 2.45) is 5.41 Å². The predicted octanol–water partition coefficient (Wildman–Crippen LogP) is 2.65. The SMILES string of the molecule is CC(CCl)N(C)C(=O)C1(C)CCCC1. The van der Waals surface area contributed by atoms with E-state index in [0.29, 0.717) is 5.88 Å². The van der Waals surface area contributed by atoms with Crippen molar-refractivity contribution in [1.29, 1.82) is 0 Å². The molecule has 1 unspecified atom stereocenters. The van der Waals surface area contributed by atoms with Gasteiger partial charge in [-0.05, 0) is 19.8 Å². The number of alkyl halides is 1. The molecule has 0 heterocycles. The van der Waals surface area contributed by atoms with Crippen LogP contribution in [0.1, 0.15) is 39.5 Å². The van der Waals surface area contributed by atoms with Crippen LogP contribution in [0.25, 0.3) is 0 Å². The van der Waals surface area contributed by atoms with Crippen molar-refractivity contribution in [3.8, 4) is 0 Å². The lowest BCUT2D eigenvalue weighted by Gasteiger charge is -2.32. The van der Waals surface area contributed by atoms with Crippen molar-refractivity contribution in [2.45, 2.75) is 45.6 Å². The summed E-state index contributed by atoms with van der Waals surface area (Å²) < 4.78 is 0. The second kappa shape index (κ2) is 4.52. The Labute approximate surface area is 91.6 Å². The zero-order chi connectivity index (χ0) is 10.8. The van der Waals surface area contributed by atoms with Crippen LogP contribution in [0.3, 0.4) is 0 Å². The molecular weight excluding hydrogens is 198 g/mol. The fourth-order valence-electron chi connectivity index (χ4n) is 2.10. The zero-order valence-corrected chi connectivity index (χ0v) is 10.1. The van der Waals surface area contributed by atoms with Gasteiger partial charge in [0.25, 0.3) is 0 Å². The lowest BCUT2D eigenvalue weighted by atomic mass is 9.87. The normalized spacial score (nSPS) is 22.0. The first-order valence-electron chi connectivity index (χ1n) is 5.34. The van der Waals surface area contributed by atoms with E-state index in [4.69, 9.17) is 11.6 Å². The smallest absolute Gasteiger partial charge is 0.228 e. The van der Waals surface area contributed by atoms with Gasteiger partial charge in [0.15, 0.2) is 0 Å². The van der Waals surface area contributed by atoms with Crippen LogP contribution in [0.5, 0.6) is 0 Å². The molecule has 0 aromatic heterocycles. The van der Waals surface area contributed by atoms with Crippen LogP contribution in [0.4, 0.5) is 0 Å². The molecule has 0 N–H and O–H groups in total. The fourth-order valence-corrected chi connectivity index (χ4v) is 2.31. The Morgan fingerprint density at radius 1 is 1.50 bits per heavy atom. The van der Waals surface area contributed by atoms with E-state index >= 15 is 0 Å². The topological polar surface area (TPSA) is 20.3 Å². The molecule has 0 aliphatic heterocycles. The quantitative estimate of drug-likeness (QED) is 0.666. The molecule has 1 aliphatic carbocycles. The first-order valence-corrected chi connectivity index (χ1v) is 5.88. The second-order valence-corrected chi connectivity index (χ2v) is 5.00. The third kappa shape index (κ3) is 2.22. The van der Waals surface area contributed by atoms with Crippen molar-refractivity contribution < 1.29 is 4.79 Å². The summed E-state index contributed by atoms with van der Waals surface area (Å²) in [5.74, 6) is 0.779. The highest BCUT2D eigenvalue weighted by molar-refractivity contribution is 6.18. The molecule has 0 saturated heterocycles. The highest BCUT2D eigenvalue weighted by Crippen LogP contribution is 2.39. The van der Waals surface area contributed by atoms with Gasteiger partial charge >= 0.3 is 0 Å². The van der Waals surface area contributed by atoms with E-state index in [1.807, 2.05) is 14.0 Å². The predicted molar refractivity (Wildman–Crippen MR) is 59.5 cm³/mol. The van der Waals surface area contributed by atoms with Crippen LogP contribution in [0.2, 0.25) is 0 Å². The van der Waals surface area contributed by atoms with Gasteiger partial charge in [-0.15, -0.1) is 11.6 Å². The van der Waals surface area contributed by atoms with Crippen LogP contribution in [0, 0.1) is 5.41 Å². The lowest BCUT2D eigenvalue weighted by Crippen LogP contribution is -2.44. The number of amides is 1. The summed E-state index contributed by atoms with van der Waals surface area (Å²) in [7, 11) is 1.86. The molecule has 1 saturated carbocycles. The lowest BCUT2D eigenvalue weighted by molar-refractivity contribution is -0.141. The third-order valence-corrected chi connectivity index (χ3v) is 3.87. The molecule has 2 nitrogen and oxygen atoms in total. The minimum absolute atomic E-state index is 0.116. The van der Waals surface area contributed by atoms with Gasteiger partial charge < -0.3 is 4.90 Å². The third-order valence-electron chi connectivity index (χ3n) is 3.43. The van der Waals surface area contributed by atoms with Crippen molar-refractivity contribution in [2.75, 3.05) is 12.9 Å². The number of hydrogen-bond donors (Lipinski definition) is 0. The number of nitrogens with zero attached hydrogens (tertiary/aromatic N) is 1. The second-order valence-electron chi connectivity index (χ2n) is 4.69. The number of carbonyl (C=O) groups excluding carboxylic acids is 1. The molecule has 1 rings (SSSR count). The number of hydrogen-bond acceptors (Lipinski definition) is 1. The van der Waals surface area contributed by atoms with Gasteiger partial charge in [-0.2, -0.15) is 0 Å². The number of halogens is 1. The molecule has 1 amide bonds. The molecule has 0 radical (unpaired) electrons. The highest BCUT2D eigenvalue weighted by atomic mass is 35.5. The van der Waals surface area contributed by atoms with E-state index in [-0.39, 0.29) is 17.4 Å². The van der Waals surface area contributed by atoms with Crippen molar-refractivity contribution in [3.05, 3.63) is 0 Å². The van der Waals surface area contributed by atoms with Crippen LogP contribution < -0.4 is 0 Å². The Balaban J connectivity index is 2.63. The van der Waals surface area contributed by atoms with E-state index in [0.717, 1.165) is 12.8 Å². The van der Waals surface area contributed by atoms with Crippen molar-refractivity contribution in [3.63, 3.8) is 0 Å². The number of rotatable bonds is 3. The fraction of sp³-hybridized carbons (Fsp3) is 0.909. The van der Waals surface area contributed by atoms with Gasteiger partial charge in [-0.25, -0.2) is 0 Å². The van der Waals surface area contributed by atoms with Crippen molar-refractivity contribution >= 4 is 17.5 Å². The van der Waals surface area contributed by atoms with Gasteiger partial charge in [0.05, 0.1) is 0 Å². The van der Waals surface area contributed by atoms with E-state index < -0.39 is 0 Å². The molecule has 0 aromatic carbocycles. The molecule has 0 spiro atoms. The summed E-state index contributed by atoms with van der Waals surface area (Å²) in [6, 6.07) is 0.140. The molecule has 0 aromatic rings. The van der Waals surface area contributed by atoms with Crippen LogP contribution >= 0.6 is 11.6 Å². The summed E-state index contributed by atoms with van der Waals surface area (Å²) in [6.45, 7) is 4.07. The first kappa shape index (κ1) is 11.8. The van der Waals surface area contributed by atoms with Crippen molar-refractivity contribution in [1.82, 2.24) is 4.90 Å². The highest BCUT2D eigenvalue weighted by Gasteiger charge is 2.38. The average molecular weight is 218 g/mol. The Morgan fingerprint density at radius 3 is 2.43 bits per heavy atom. The largest absolute Gasteiger partial charge is 0.341 e. The van der Waals surface area contributed by atoms with Gasteiger partial charge in [-0.1, -0.05) is 19.8 Å². The molecule has 82 valence electrons. The Kier molecular flexibility index (Phi) is 3.82. The Hall–Kier alpha value is -0.240. The first-order chi connectivity index (χ1) is 6.51. The minimum atomic E-state index is -0.116. The van der Waals surface area contributed by atoms with Crippen LogP contribution in [-0.2, 0) is 4.79 Å². The van der Waals surface area contributed by atoms with Gasteiger partial charge in [0.2, 0.25) is 5.91 Å². The molecule has 1 fully saturated rings. The monoisotopic (exact) mass is 217 g/mol. The summed E-state index contributed by atoms with van der Waals surface area (Å²) in [5.41, 5.74) is -0.116. The maximum Gasteiger partial charge on any atom is 0.228 e. The average Bonchev–Trinajstić information content (AvgIpc) is 2.63. The summed E-state index contributed by atoms with van der Waals surface area (Å²) in [5, 5.41) is 0. The molecule has 3 heteroatoms. The maximum atomic E-state index is 12.1. The zero-order valence-electron chi connectivity index (χ0n) is 9.35. The Bertz CT molecular complexity index is 211. The molecule has 14 heavy (non-hydrogen) atoms. The van der Waals surface area contributed by atoms with E-state index in [2.05, 4.69) is 6.92 Å². The molecule has 1 aliphatic rings. The molecular formula is C11H20ClNO. The van der Waals surface area contributed by atoms with Gasteiger partial charge in [-0.3, -0.25) is 4.79 Å². The summed E-state index contributed by atoms with van der Waals surface area (Å²) in [6.07, 6.45) is 4.44. The Morgan fingerprint density at radius 2 is 2.00 bits per heavy atom. The van der Waals surface area contributed by atoms with Gasteiger partial charge in [0, 0.05) is 24.4 Å². The minimum Gasteiger partial charge on any atom is -0.341 e. The van der Waals surface area contributed by atoms with Crippen LogP contribution in [-0.4, -0.2) is 29.8 Å². The summed E-state index contributed by atoms with van der Waals surface area (Å²) in [4.78, 5) is 13.9. The van der Waals surface area contributed by atoms with E-state index in [1.54, 1.807) is 4.90 Å². The number of carbonyl (C=O) groups is 1. The van der Waals surface area contributed by atoms with E-state index in [9.17, 15) is 4.79 Å². The molecule has 0 bridgehead atoms. The van der Waals surface area contributed by atoms with Gasteiger partial charge in [0.1, 0.15) is 0 Å². The van der Waals surface area contributed by atoms with Crippen LogP contribution in [0.15, 0.2) is 0 Å².